The average molecular weight is 230 g/mol. The Balaban J connectivity index is 1.81. The van der Waals surface area contributed by atoms with Gasteiger partial charge >= 0.3 is 0 Å². The van der Waals surface area contributed by atoms with Crippen LogP contribution < -0.4 is 0 Å². The quantitative estimate of drug-likeness (QED) is 0.857. The summed E-state index contributed by atoms with van der Waals surface area (Å²) in [7, 11) is 1.91. The molecule has 1 N–H and O–H groups in total. The fourth-order valence-corrected chi connectivity index (χ4v) is 1.98. The fourth-order valence-electron chi connectivity index (χ4n) is 1.98. The Labute approximate surface area is 102 Å². The van der Waals surface area contributed by atoms with Crippen LogP contribution in [0.5, 0.6) is 0 Å². The van der Waals surface area contributed by atoms with Gasteiger partial charge in [0, 0.05) is 7.05 Å². The highest BCUT2D eigenvalue weighted by Crippen LogP contribution is 2.18. The van der Waals surface area contributed by atoms with Crippen LogP contribution in [0.1, 0.15) is 30.2 Å². The molecule has 0 saturated heterocycles. The van der Waals surface area contributed by atoms with Gasteiger partial charge in [0.05, 0.1) is 24.3 Å². The molecule has 90 valence electrons. The first-order valence-electron chi connectivity index (χ1n) is 5.95. The molecule has 0 fully saturated rings. The lowest BCUT2D eigenvalue weighted by molar-refractivity contribution is 0.156. The fraction of sp³-hybridized carbons (Fsp3) is 0.357. The van der Waals surface area contributed by atoms with E-state index >= 15 is 0 Å². The summed E-state index contributed by atoms with van der Waals surface area (Å²) in [5.74, 6) is 0. The Kier molecular flexibility index (Phi) is 3.94. The number of aryl methyl sites for hydroxylation is 2. The normalized spacial score (nSPS) is 12.6. The van der Waals surface area contributed by atoms with Gasteiger partial charge in [-0.1, -0.05) is 30.3 Å². The van der Waals surface area contributed by atoms with Crippen molar-refractivity contribution in [3.8, 4) is 0 Å². The van der Waals surface area contributed by atoms with Gasteiger partial charge < -0.3 is 9.67 Å². The molecule has 0 aliphatic heterocycles. The molecule has 1 aromatic heterocycles. The van der Waals surface area contributed by atoms with Gasteiger partial charge in [-0.15, -0.1) is 0 Å². The van der Waals surface area contributed by atoms with Gasteiger partial charge in [0.2, 0.25) is 0 Å². The molecule has 0 aliphatic rings. The minimum absolute atomic E-state index is 0.411. The van der Waals surface area contributed by atoms with Gasteiger partial charge in [-0.3, -0.25) is 0 Å². The number of hydrogen-bond acceptors (Lipinski definition) is 2. The first-order chi connectivity index (χ1) is 8.27. The van der Waals surface area contributed by atoms with Crippen molar-refractivity contribution < 1.29 is 5.11 Å². The molecule has 1 heterocycles. The highest BCUT2D eigenvalue weighted by molar-refractivity contribution is 5.14. The van der Waals surface area contributed by atoms with Crippen molar-refractivity contribution in [2.75, 3.05) is 0 Å². The summed E-state index contributed by atoms with van der Waals surface area (Å²) in [6, 6.07) is 10.4. The van der Waals surface area contributed by atoms with Gasteiger partial charge in [-0.05, 0) is 24.8 Å². The lowest BCUT2D eigenvalue weighted by atomic mass is 10.0. The van der Waals surface area contributed by atoms with E-state index in [0.29, 0.717) is 0 Å². The van der Waals surface area contributed by atoms with E-state index in [4.69, 9.17) is 0 Å². The van der Waals surface area contributed by atoms with Crippen molar-refractivity contribution >= 4 is 0 Å². The van der Waals surface area contributed by atoms with Crippen LogP contribution in [0.3, 0.4) is 0 Å². The van der Waals surface area contributed by atoms with Crippen molar-refractivity contribution in [3.63, 3.8) is 0 Å². The zero-order valence-electron chi connectivity index (χ0n) is 10.1. The number of aliphatic hydroxyl groups excluding tert-OH is 1. The monoisotopic (exact) mass is 230 g/mol. The Morgan fingerprint density at radius 2 is 2.06 bits per heavy atom. The summed E-state index contributed by atoms with van der Waals surface area (Å²) in [5, 5.41) is 10.0. The van der Waals surface area contributed by atoms with E-state index in [0.717, 1.165) is 25.0 Å². The molecule has 2 rings (SSSR count). The molecule has 1 unspecified atom stereocenters. The van der Waals surface area contributed by atoms with E-state index in [1.54, 1.807) is 12.5 Å². The molecule has 0 spiro atoms. The van der Waals surface area contributed by atoms with Crippen LogP contribution in [0.25, 0.3) is 0 Å². The molecular formula is C14H18N2O. The summed E-state index contributed by atoms with van der Waals surface area (Å²) in [6.07, 6.45) is 5.80. The molecule has 17 heavy (non-hydrogen) atoms. The van der Waals surface area contributed by atoms with Crippen LogP contribution in [-0.2, 0) is 13.5 Å². The molecule has 0 radical (unpaired) electrons. The molecule has 0 amide bonds. The maximum Gasteiger partial charge on any atom is 0.0955 e. The second-order valence-corrected chi connectivity index (χ2v) is 4.32. The van der Waals surface area contributed by atoms with E-state index in [1.807, 2.05) is 29.8 Å². The van der Waals surface area contributed by atoms with Gasteiger partial charge in [0.25, 0.3) is 0 Å². The molecule has 1 atom stereocenters. The Bertz CT molecular complexity index is 450. The second-order valence-electron chi connectivity index (χ2n) is 4.32. The standard InChI is InChI=1S/C14H18N2O/c1-16-11-15-10-13(16)14(17)9-5-8-12-6-3-2-4-7-12/h2-4,6-7,10-11,14,17H,5,8-9H2,1H3. The van der Waals surface area contributed by atoms with Gasteiger partial charge in [0.1, 0.15) is 0 Å². The van der Waals surface area contributed by atoms with Crippen molar-refractivity contribution in [2.24, 2.45) is 7.05 Å². The number of hydrogen-bond donors (Lipinski definition) is 1. The van der Waals surface area contributed by atoms with Crippen LogP contribution >= 0.6 is 0 Å². The number of imidazole rings is 1. The van der Waals surface area contributed by atoms with E-state index < -0.39 is 6.10 Å². The largest absolute Gasteiger partial charge is 0.387 e. The van der Waals surface area contributed by atoms with Crippen LogP contribution in [0.15, 0.2) is 42.9 Å². The predicted octanol–water partition coefficient (Wildman–Crippen LogP) is 2.48. The molecule has 2 aromatic rings. The summed E-state index contributed by atoms with van der Waals surface area (Å²) in [4.78, 5) is 4.01. The van der Waals surface area contributed by atoms with E-state index in [9.17, 15) is 5.11 Å². The summed E-state index contributed by atoms with van der Waals surface area (Å²) >= 11 is 0. The van der Waals surface area contributed by atoms with Crippen LogP contribution in [-0.4, -0.2) is 14.7 Å². The lowest BCUT2D eigenvalue weighted by Crippen LogP contribution is -2.03. The summed E-state index contributed by atoms with van der Waals surface area (Å²) < 4.78 is 1.87. The average Bonchev–Trinajstić information content (AvgIpc) is 2.77. The van der Waals surface area contributed by atoms with Gasteiger partial charge in [-0.2, -0.15) is 0 Å². The number of benzene rings is 1. The topological polar surface area (TPSA) is 38.0 Å². The zero-order chi connectivity index (χ0) is 12.1. The minimum atomic E-state index is -0.411. The second kappa shape index (κ2) is 5.64. The highest BCUT2D eigenvalue weighted by Gasteiger charge is 2.10. The molecule has 1 aromatic carbocycles. The van der Waals surface area contributed by atoms with Crippen molar-refractivity contribution in [1.82, 2.24) is 9.55 Å². The first-order valence-corrected chi connectivity index (χ1v) is 5.95. The molecule has 0 saturated carbocycles. The number of rotatable bonds is 5. The Hall–Kier alpha value is -1.61. The van der Waals surface area contributed by atoms with Crippen LogP contribution in [0.4, 0.5) is 0 Å². The maximum atomic E-state index is 10.0. The van der Waals surface area contributed by atoms with Gasteiger partial charge in [-0.25, -0.2) is 4.98 Å². The van der Waals surface area contributed by atoms with E-state index in [-0.39, 0.29) is 0 Å². The molecule has 3 nitrogen and oxygen atoms in total. The third-order valence-corrected chi connectivity index (χ3v) is 2.98. The SMILES string of the molecule is Cn1cncc1C(O)CCCc1ccccc1. The Morgan fingerprint density at radius 1 is 1.29 bits per heavy atom. The molecule has 0 bridgehead atoms. The number of aliphatic hydroxyl groups is 1. The molecule has 3 heteroatoms. The van der Waals surface area contributed by atoms with Crippen molar-refractivity contribution in [1.29, 1.82) is 0 Å². The Morgan fingerprint density at radius 3 is 2.71 bits per heavy atom. The zero-order valence-corrected chi connectivity index (χ0v) is 10.1. The van der Waals surface area contributed by atoms with E-state index in [2.05, 4.69) is 17.1 Å². The number of aromatic nitrogens is 2. The summed E-state index contributed by atoms with van der Waals surface area (Å²) in [6.45, 7) is 0. The van der Waals surface area contributed by atoms with E-state index in [1.165, 1.54) is 5.56 Å². The third kappa shape index (κ3) is 3.17. The lowest BCUT2D eigenvalue weighted by Gasteiger charge is -2.10. The highest BCUT2D eigenvalue weighted by atomic mass is 16.3. The third-order valence-electron chi connectivity index (χ3n) is 2.98. The molecular weight excluding hydrogens is 212 g/mol. The van der Waals surface area contributed by atoms with Crippen molar-refractivity contribution in [3.05, 3.63) is 54.1 Å². The van der Waals surface area contributed by atoms with Crippen LogP contribution in [0.2, 0.25) is 0 Å². The van der Waals surface area contributed by atoms with Crippen LogP contribution in [0, 0.1) is 0 Å². The predicted molar refractivity (Wildman–Crippen MR) is 67.5 cm³/mol. The van der Waals surface area contributed by atoms with Gasteiger partial charge in [0.15, 0.2) is 0 Å². The molecule has 0 aliphatic carbocycles. The van der Waals surface area contributed by atoms with Crippen molar-refractivity contribution in [2.45, 2.75) is 25.4 Å². The smallest absolute Gasteiger partial charge is 0.0955 e. The summed E-state index contributed by atoms with van der Waals surface area (Å²) in [5.41, 5.74) is 2.21. The number of nitrogens with zero attached hydrogens (tertiary/aromatic N) is 2. The first kappa shape index (κ1) is 11.9. The minimum Gasteiger partial charge on any atom is -0.387 e. The maximum absolute atomic E-state index is 10.0.